The molecule has 1 fully saturated rings. The van der Waals surface area contributed by atoms with Gasteiger partial charge in [-0.1, -0.05) is 72.8 Å². The lowest BCUT2D eigenvalue weighted by molar-refractivity contribution is 0.0395. The Morgan fingerprint density at radius 3 is 2.30 bits per heavy atom. The minimum absolute atomic E-state index is 0.172. The van der Waals surface area contributed by atoms with Crippen LogP contribution in [0.25, 0.3) is 10.8 Å². The van der Waals surface area contributed by atoms with Crippen LogP contribution in [0, 0.1) is 5.92 Å². The van der Waals surface area contributed by atoms with E-state index in [1.807, 2.05) is 48.5 Å². The molecule has 156 valence electrons. The Bertz CT molecular complexity index is 981. The van der Waals surface area contributed by atoms with Gasteiger partial charge >= 0.3 is 6.09 Å². The summed E-state index contributed by atoms with van der Waals surface area (Å²) in [6, 6.07) is 23.3. The summed E-state index contributed by atoms with van der Waals surface area (Å²) >= 11 is 0. The Kier molecular flexibility index (Phi) is 6.31. The zero-order valence-corrected chi connectivity index (χ0v) is 16.8. The molecule has 0 radical (unpaired) electrons. The van der Waals surface area contributed by atoms with Crippen LogP contribution in [0.4, 0.5) is 4.79 Å². The number of nitrogens with one attached hydrogen (secondary N) is 1. The quantitative estimate of drug-likeness (QED) is 0.583. The Hall–Kier alpha value is -2.89. The highest BCUT2D eigenvalue weighted by Gasteiger charge is 2.40. The van der Waals surface area contributed by atoms with Gasteiger partial charge in [-0.15, -0.1) is 0 Å². The van der Waals surface area contributed by atoms with Crippen LogP contribution in [0.15, 0.2) is 72.8 Å². The first-order valence-corrected chi connectivity index (χ1v) is 10.4. The number of ether oxygens (including phenoxy) is 1. The van der Waals surface area contributed by atoms with Crippen molar-refractivity contribution >= 4 is 16.9 Å². The normalized spacial score (nSPS) is 20.2. The van der Waals surface area contributed by atoms with E-state index in [2.05, 4.69) is 29.6 Å². The zero-order valence-electron chi connectivity index (χ0n) is 16.8. The largest absolute Gasteiger partial charge is 0.445 e. The third kappa shape index (κ3) is 4.81. The van der Waals surface area contributed by atoms with Gasteiger partial charge in [0, 0.05) is 12.0 Å². The third-order valence-corrected chi connectivity index (χ3v) is 5.90. The average molecular weight is 405 g/mol. The van der Waals surface area contributed by atoms with E-state index in [0.29, 0.717) is 19.3 Å². The number of amides is 1. The predicted molar refractivity (Wildman–Crippen MR) is 116 cm³/mol. The van der Waals surface area contributed by atoms with Crippen LogP contribution in [0.3, 0.4) is 0 Å². The number of fused-ring (bicyclic) bond motifs is 1. The first kappa shape index (κ1) is 20.4. The molecule has 4 rings (SSSR count). The summed E-state index contributed by atoms with van der Waals surface area (Å²) in [5.41, 5.74) is 1.94. The number of alkyl carbamates (subject to hydrolysis) is 1. The second-order valence-corrected chi connectivity index (χ2v) is 7.99. The SMILES string of the molecule is O=C(N[C@@H](Cc1ccc2ccccc2c1)C1[C@@H](O)CC[C@@H]1O)OCc1ccccc1. The first-order chi connectivity index (χ1) is 14.6. The molecule has 3 atom stereocenters. The number of carbonyl (C=O) groups excluding carboxylic acids is 1. The lowest BCUT2D eigenvalue weighted by Gasteiger charge is -2.29. The average Bonchev–Trinajstić information content (AvgIpc) is 3.10. The first-order valence-electron chi connectivity index (χ1n) is 10.4. The molecule has 3 N–H and O–H groups in total. The minimum atomic E-state index is -0.653. The van der Waals surface area contributed by atoms with Crippen LogP contribution >= 0.6 is 0 Å². The molecule has 0 bridgehead atoms. The van der Waals surface area contributed by atoms with E-state index in [1.54, 1.807) is 0 Å². The molecule has 0 saturated heterocycles. The van der Waals surface area contributed by atoms with Crippen molar-refractivity contribution < 1.29 is 19.7 Å². The van der Waals surface area contributed by atoms with E-state index in [4.69, 9.17) is 4.74 Å². The van der Waals surface area contributed by atoms with Crippen molar-refractivity contribution in [2.24, 2.45) is 5.92 Å². The third-order valence-electron chi connectivity index (χ3n) is 5.90. The lowest BCUT2D eigenvalue weighted by Crippen LogP contribution is -2.48. The van der Waals surface area contributed by atoms with Crippen molar-refractivity contribution in [2.75, 3.05) is 0 Å². The summed E-state index contributed by atoms with van der Waals surface area (Å²) in [5, 5.41) is 26.1. The van der Waals surface area contributed by atoms with Crippen molar-refractivity contribution in [1.29, 1.82) is 0 Å². The van der Waals surface area contributed by atoms with Crippen LogP contribution in [-0.2, 0) is 17.8 Å². The molecule has 5 heteroatoms. The van der Waals surface area contributed by atoms with Crippen LogP contribution in [0.1, 0.15) is 24.0 Å². The number of hydrogen-bond donors (Lipinski definition) is 3. The van der Waals surface area contributed by atoms with E-state index in [-0.39, 0.29) is 6.61 Å². The van der Waals surface area contributed by atoms with E-state index in [1.165, 1.54) is 0 Å². The standard InChI is InChI=1S/C25H27NO4/c27-22-12-13-23(28)24(22)21(26-25(29)30-16-17-6-2-1-3-7-17)15-18-10-11-19-8-4-5-9-20(19)14-18/h1-11,14,21-24,27-28H,12-13,15-16H2,(H,26,29)/t21-,22-,23-/m0/s1. The van der Waals surface area contributed by atoms with Crippen LogP contribution in [0.2, 0.25) is 0 Å². The van der Waals surface area contributed by atoms with E-state index in [9.17, 15) is 15.0 Å². The fraction of sp³-hybridized carbons (Fsp3) is 0.320. The summed E-state index contributed by atoms with van der Waals surface area (Å²) in [6.07, 6.45) is -0.290. The summed E-state index contributed by atoms with van der Waals surface area (Å²) < 4.78 is 5.38. The second kappa shape index (κ2) is 9.28. The van der Waals surface area contributed by atoms with Gasteiger partial charge in [-0.05, 0) is 41.2 Å². The fourth-order valence-corrected chi connectivity index (χ4v) is 4.34. The summed E-state index contributed by atoms with van der Waals surface area (Å²) in [4.78, 5) is 12.5. The van der Waals surface area contributed by atoms with Gasteiger partial charge in [0.05, 0.1) is 12.2 Å². The number of benzene rings is 3. The Labute approximate surface area is 176 Å². The maximum atomic E-state index is 12.5. The summed E-state index contributed by atoms with van der Waals surface area (Å²) in [5.74, 6) is -0.430. The minimum Gasteiger partial charge on any atom is -0.445 e. The van der Waals surface area contributed by atoms with Gasteiger partial charge in [0.15, 0.2) is 0 Å². The van der Waals surface area contributed by atoms with Gasteiger partial charge in [-0.3, -0.25) is 0 Å². The van der Waals surface area contributed by atoms with Gasteiger partial charge < -0.3 is 20.3 Å². The summed E-state index contributed by atoms with van der Waals surface area (Å²) in [6.45, 7) is 0.172. The van der Waals surface area contributed by atoms with Crippen molar-refractivity contribution in [3.63, 3.8) is 0 Å². The number of aliphatic hydroxyl groups excluding tert-OH is 2. The fourth-order valence-electron chi connectivity index (χ4n) is 4.34. The zero-order chi connectivity index (χ0) is 20.9. The Morgan fingerprint density at radius 1 is 0.900 bits per heavy atom. The highest BCUT2D eigenvalue weighted by atomic mass is 16.5. The molecule has 0 aromatic heterocycles. The highest BCUT2D eigenvalue weighted by Crippen LogP contribution is 2.31. The molecule has 1 aliphatic rings. The number of rotatable bonds is 6. The smallest absolute Gasteiger partial charge is 0.407 e. The van der Waals surface area contributed by atoms with Gasteiger partial charge in [-0.25, -0.2) is 4.79 Å². The van der Waals surface area contributed by atoms with Crippen LogP contribution in [0.5, 0.6) is 0 Å². The molecule has 30 heavy (non-hydrogen) atoms. The number of carbonyl (C=O) groups is 1. The molecule has 0 heterocycles. The molecule has 3 aromatic rings. The van der Waals surface area contributed by atoms with Gasteiger partial charge in [0.25, 0.3) is 0 Å². The maximum absolute atomic E-state index is 12.5. The molecular formula is C25H27NO4. The van der Waals surface area contributed by atoms with Crippen LogP contribution in [-0.4, -0.2) is 34.6 Å². The number of aliphatic hydroxyl groups is 2. The summed E-state index contributed by atoms with van der Waals surface area (Å²) in [7, 11) is 0. The highest BCUT2D eigenvalue weighted by molar-refractivity contribution is 5.83. The van der Waals surface area contributed by atoms with Crippen molar-refractivity contribution in [3.05, 3.63) is 83.9 Å². The molecule has 3 aromatic carbocycles. The molecule has 0 unspecified atom stereocenters. The maximum Gasteiger partial charge on any atom is 0.407 e. The van der Waals surface area contributed by atoms with Gasteiger partial charge in [-0.2, -0.15) is 0 Å². The van der Waals surface area contributed by atoms with E-state index in [0.717, 1.165) is 21.9 Å². The molecule has 0 spiro atoms. The van der Waals surface area contributed by atoms with Crippen molar-refractivity contribution in [1.82, 2.24) is 5.32 Å². The Balaban J connectivity index is 1.49. The predicted octanol–water partition coefficient (Wildman–Crippen LogP) is 3.81. The van der Waals surface area contributed by atoms with Gasteiger partial charge in [0.1, 0.15) is 6.61 Å². The molecule has 5 nitrogen and oxygen atoms in total. The molecule has 1 amide bonds. The second-order valence-electron chi connectivity index (χ2n) is 7.99. The molecule has 1 aliphatic carbocycles. The van der Waals surface area contributed by atoms with E-state index < -0.39 is 30.3 Å². The number of hydrogen-bond acceptors (Lipinski definition) is 4. The monoisotopic (exact) mass is 405 g/mol. The van der Waals surface area contributed by atoms with Crippen LogP contribution < -0.4 is 5.32 Å². The Morgan fingerprint density at radius 2 is 1.57 bits per heavy atom. The van der Waals surface area contributed by atoms with Gasteiger partial charge in [0.2, 0.25) is 0 Å². The lowest BCUT2D eigenvalue weighted by atomic mass is 9.88. The topological polar surface area (TPSA) is 78.8 Å². The van der Waals surface area contributed by atoms with Crippen molar-refractivity contribution in [3.8, 4) is 0 Å². The van der Waals surface area contributed by atoms with E-state index >= 15 is 0 Å². The molecule has 1 saturated carbocycles. The molecule has 0 aliphatic heterocycles. The molecular weight excluding hydrogens is 378 g/mol. The van der Waals surface area contributed by atoms with Crippen molar-refractivity contribution in [2.45, 2.75) is 44.1 Å².